The fourth-order valence-electron chi connectivity index (χ4n) is 3.62. The average Bonchev–Trinajstić information content (AvgIpc) is 3.16. The molecule has 0 fully saturated rings. The van der Waals surface area contributed by atoms with Gasteiger partial charge >= 0.3 is 6.03 Å². The Labute approximate surface area is 189 Å². The highest BCUT2D eigenvalue weighted by molar-refractivity contribution is 6.19. The number of carbonyl (C=O) groups is 2. The molecule has 0 unspecified atom stereocenters. The molecule has 2 heterocycles. The molecule has 2 aromatic carbocycles. The highest BCUT2D eigenvalue weighted by Crippen LogP contribution is 2.30. The van der Waals surface area contributed by atoms with Crippen molar-refractivity contribution in [3.63, 3.8) is 0 Å². The molecular formula is C24H23FN6O2. The maximum Gasteiger partial charge on any atom is 0.323 e. The quantitative estimate of drug-likeness (QED) is 0.377. The number of nitrogen functional groups attached to an aromatic ring is 1. The molecule has 33 heavy (non-hydrogen) atoms. The summed E-state index contributed by atoms with van der Waals surface area (Å²) in [5.74, 6) is -0.489. The van der Waals surface area contributed by atoms with E-state index in [0.717, 1.165) is 5.56 Å². The maximum atomic E-state index is 13.5. The first-order chi connectivity index (χ1) is 15.7. The molecule has 0 saturated carbocycles. The maximum absolute atomic E-state index is 13.5. The van der Waals surface area contributed by atoms with E-state index in [-0.39, 0.29) is 17.6 Å². The molecule has 0 saturated heterocycles. The second-order valence-electron chi connectivity index (χ2n) is 7.95. The van der Waals surface area contributed by atoms with Crippen LogP contribution < -0.4 is 16.4 Å². The van der Waals surface area contributed by atoms with Gasteiger partial charge in [0.1, 0.15) is 23.6 Å². The number of rotatable bonds is 5. The number of hydrogen-bond acceptors (Lipinski definition) is 5. The minimum Gasteiger partial charge on any atom is -0.383 e. The Hall–Kier alpha value is -4.27. The summed E-state index contributed by atoms with van der Waals surface area (Å²) in [5.41, 5.74) is 8.94. The van der Waals surface area contributed by atoms with Gasteiger partial charge in [0, 0.05) is 29.2 Å². The molecule has 0 bridgehead atoms. The molecule has 4 aromatic rings. The van der Waals surface area contributed by atoms with Crippen LogP contribution in [0.4, 0.5) is 26.4 Å². The second-order valence-corrected chi connectivity index (χ2v) is 7.95. The topological polar surface area (TPSA) is 115 Å². The number of carbonyl (C=O) groups excluding carboxylic acids is 2. The summed E-state index contributed by atoms with van der Waals surface area (Å²) in [6.45, 7) is 5.78. The fourth-order valence-corrected chi connectivity index (χ4v) is 3.62. The van der Waals surface area contributed by atoms with Crippen LogP contribution in [0.15, 0.2) is 55.0 Å². The Morgan fingerprint density at radius 2 is 1.76 bits per heavy atom. The van der Waals surface area contributed by atoms with Gasteiger partial charge in [-0.05, 0) is 56.7 Å². The van der Waals surface area contributed by atoms with Crippen LogP contribution in [-0.2, 0) is 0 Å². The van der Waals surface area contributed by atoms with Crippen LogP contribution in [0.2, 0.25) is 0 Å². The Morgan fingerprint density at radius 3 is 2.45 bits per heavy atom. The summed E-state index contributed by atoms with van der Waals surface area (Å²) in [5, 5.41) is 5.74. The molecule has 9 heteroatoms. The molecular weight excluding hydrogens is 423 g/mol. The Kier molecular flexibility index (Phi) is 5.78. The molecule has 0 aliphatic heterocycles. The number of hydrogen-bond donors (Lipinski definition) is 3. The average molecular weight is 446 g/mol. The zero-order valence-electron chi connectivity index (χ0n) is 18.4. The van der Waals surface area contributed by atoms with Crippen LogP contribution in [0.3, 0.4) is 0 Å². The van der Waals surface area contributed by atoms with Crippen molar-refractivity contribution in [3.05, 3.63) is 77.5 Å². The van der Waals surface area contributed by atoms with Crippen LogP contribution >= 0.6 is 0 Å². The largest absolute Gasteiger partial charge is 0.383 e. The van der Waals surface area contributed by atoms with Crippen LogP contribution in [0.1, 0.15) is 41.4 Å². The molecule has 0 atom stereocenters. The summed E-state index contributed by atoms with van der Waals surface area (Å²) in [6, 6.07) is 10.1. The number of nitrogens with one attached hydrogen (secondary N) is 2. The molecule has 8 nitrogen and oxygen atoms in total. The lowest BCUT2D eigenvalue weighted by Crippen LogP contribution is -2.19. The number of aryl methyl sites for hydroxylation is 1. The van der Waals surface area contributed by atoms with Crippen molar-refractivity contribution in [2.45, 2.75) is 26.8 Å². The van der Waals surface area contributed by atoms with E-state index in [1.807, 2.05) is 25.3 Å². The third kappa shape index (κ3) is 4.38. The number of ketones is 1. The standard InChI is InChI=1S/C24H23FN6O2/c1-13(2)31-11-19(20-22(26)27-12-28-23(20)31)21(32)18-10-17(8-7-14(18)3)30-24(33)29-16-6-4-5-15(25)9-16/h4-13H,1-3H3,(H2,26,27,28)(H2,29,30,33). The number of halogens is 1. The normalized spacial score (nSPS) is 11.1. The number of nitrogens with two attached hydrogens (primary N) is 1. The number of anilines is 3. The number of urea groups is 1. The van der Waals surface area contributed by atoms with E-state index in [1.54, 1.807) is 30.5 Å². The van der Waals surface area contributed by atoms with Gasteiger partial charge in [-0.2, -0.15) is 0 Å². The third-order valence-electron chi connectivity index (χ3n) is 5.26. The van der Waals surface area contributed by atoms with Gasteiger partial charge in [0.25, 0.3) is 0 Å². The second kappa shape index (κ2) is 8.70. The van der Waals surface area contributed by atoms with Gasteiger partial charge in [0.05, 0.1) is 10.9 Å². The van der Waals surface area contributed by atoms with Gasteiger partial charge < -0.3 is 20.9 Å². The number of aromatic nitrogens is 3. The monoisotopic (exact) mass is 446 g/mol. The van der Waals surface area contributed by atoms with Gasteiger partial charge in [0.2, 0.25) is 0 Å². The summed E-state index contributed by atoms with van der Waals surface area (Å²) in [4.78, 5) is 34.3. The molecule has 0 aliphatic rings. The van der Waals surface area contributed by atoms with Gasteiger partial charge in [-0.1, -0.05) is 12.1 Å². The van der Waals surface area contributed by atoms with Crippen molar-refractivity contribution in [3.8, 4) is 0 Å². The molecule has 4 N–H and O–H groups in total. The lowest BCUT2D eigenvalue weighted by atomic mass is 9.98. The number of fused-ring (bicyclic) bond motifs is 1. The van der Waals surface area contributed by atoms with E-state index in [0.29, 0.717) is 33.5 Å². The van der Waals surface area contributed by atoms with Crippen LogP contribution in [-0.4, -0.2) is 26.3 Å². The third-order valence-corrected chi connectivity index (χ3v) is 5.26. The first kappa shape index (κ1) is 21.9. The molecule has 2 aromatic heterocycles. The van der Waals surface area contributed by atoms with Crippen LogP contribution in [0.25, 0.3) is 11.0 Å². The van der Waals surface area contributed by atoms with Crippen molar-refractivity contribution in [1.82, 2.24) is 14.5 Å². The Balaban J connectivity index is 1.66. The van der Waals surface area contributed by atoms with Crippen molar-refractivity contribution in [2.75, 3.05) is 16.4 Å². The molecule has 0 spiro atoms. The van der Waals surface area contributed by atoms with Crippen LogP contribution in [0, 0.1) is 12.7 Å². The highest BCUT2D eigenvalue weighted by atomic mass is 19.1. The number of benzene rings is 2. The zero-order chi connectivity index (χ0) is 23.7. The predicted molar refractivity (Wildman–Crippen MR) is 126 cm³/mol. The highest BCUT2D eigenvalue weighted by Gasteiger charge is 2.22. The molecule has 2 amide bonds. The SMILES string of the molecule is Cc1ccc(NC(=O)Nc2cccc(F)c2)cc1C(=O)c1cn(C(C)C)c2ncnc(N)c12. The number of amides is 2. The summed E-state index contributed by atoms with van der Waals surface area (Å²) >= 11 is 0. The van der Waals surface area contributed by atoms with E-state index >= 15 is 0 Å². The molecule has 4 rings (SSSR count). The Bertz CT molecular complexity index is 1380. The van der Waals surface area contributed by atoms with E-state index in [1.165, 1.54) is 24.5 Å². The van der Waals surface area contributed by atoms with Crippen LogP contribution in [0.5, 0.6) is 0 Å². The smallest absolute Gasteiger partial charge is 0.323 e. The van der Waals surface area contributed by atoms with E-state index < -0.39 is 11.8 Å². The first-order valence-electron chi connectivity index (χ1n) is 10.3. The van der Waals surface area contributed by atoms with Gasteiger partial charge in [-0.3, -0.25) is 4.79 Å². The molecule has 168 valence electrons. The fraction of sp³-hybridized carbons (Fsp3) is 0.167. The minimum atomic E-state index is -0.558. The van der Waals surface area contributed by atoms with Crippen molar-refractivity contribution >= 4 is 40.0 Å². The number of nitrogens with zero attached hydrogens (tertiary/aromatic N) is 3. The summed E-state index contributed by atoms with van der Waals surface area (Å²) in [7, 11) is 0. The van der Waals surface area contributed by atoms with Crippen molar-refractivity contribution in [1.29, 1.82) is 0 Å². The lowest BCUT2D eigenvalue weighted by molar-refractivity contribution is 0.103. The van der Waals surface area contributed by atoms with Crippen molar-refractivity contribution < 1.29 is 14.0 Å². The van der Waals surface area contributed by atoms with Gasteiger partial charge in [-0.25, -0.2) is 19.2 Å². The molecule has 0 radical (unpaired) electrons. The zero-order valence-corrected chi connectivity index (χ0v) is 18.4. The van der Waals surface area contributed by atoms with Gasteiger partial charge in [-0.15, -0.1) is 0 Å². The molecule has 0 aliphatic carbocycles. The van der Waals surface area contributed by atoms with E-state index in [4.69, 9.17) is 5.73 Å². The summed E-state index contributed by atoms with van der Waals surface area (Å²) < 4.78 is 15.2. The summed E-state index contributed by atoms with van der Waals surface area (Å²) in [6.07, 6.45) is 3.11. The first-order valence-corrected chi connectivity index (χ1v) is 10.3. The van der Waals surface area contributed by atoms with Crippen molar-refractivity contribution in [2.24, 2.45) is 0 Å². The van der Waals surface area contributed by atoms with E-state index in [2.05, 4.69) is 20.6 Å². The predicted octanol–water partition coefficient (Wildman–Crippen LogP) is 4.92. The minimum absolute atomic E-state index is 0.0592. The van der Waals surface area contributed by atoms with E-state index in [9.17, 15) is 14.0 Å². The lowest BCUT2D eigenvalue weighted by Gasteiger charge is -2.11. The Morgan fingerprint density at radius 1 is 1.03 bits per heavy atom. The van der Waals surface area contributed by atoms with Gasteiger partial charge in [0.15, 0.2) is 5.78 Å².